The molecule has 166 valence electrons. The van der Waals surface area contributed by atoms with Crippen molar-refractivity contribution in [2.24, 2.45) is 5.92 Å². The summed E-state index contributed by atoms with van der Waals surface area (Å²) in [6.07, 6.45) is 5.01. The van der Waals surface area contributed by atoms with Crippen molar-refractivity contribution in [1.29, 1.82) is 0 Å². The average Bonchev–Trinajstić information content (AvgIpc) is 2.73. The second-order valence-corrected chi connectivity index (χ2v) is 8.57. The average molecular weight is 418 g/mol. The van der Waals surface area contributed by atoms with Gasteiger partial charge in [0.15, 0.2) is 0 Å². The van der Waals surface area contributed by atoms with Crippen LogP contribution < -0.4 is 10.6 Å². The third kappa shape index (κ3) is 5.09. The van der Waals surface area contributed by atoms with Crippen LogP contribution in [0.5, 0.6) is 0 Å². The van der Waals surface area contributed by atoms with Crippen molar-refractivity contribution in [3.05, 3.63) is 34.6 Å². The molecule has 0 aromatic heterocycles. The highest BCUT2D eigenvalue weighted by Gasteiger charge is 2.34. The van der Waals surface area contributed by atoms with Gasteiger partial charge in [-0.2, -0.15) is 0 Å². The molecule has 0 bridgehead atoms. The lowest BCUT2D eigenvalue weighted by molar-refractivity contribution is -0.134. The Morgan fingerprint density at radius 3 is 2.50 bits per heavy atom. The van der Waals surface area contributed by atoms with E-state index in [-0.39, 0.29) is 17.6 Å². The van der Waals surface area contributed by atoms with E-state index in [1.54, 1.807) is 6.92 Å². The summed E-state index contributed by atoms with van der Waals surface area (Å²) < 4.78 is 14.9. The fourth-order valence-corrected chi connectivity index (χ4v) is 4.96. The van der Waals surface area contributed by atoms with E-state index >= 15 is 0 Å². The summed E-state index contributed by atoms with van der Waals surface area (Å²) in [5.41, 5.74) is 2.02. The van der Waals surface area contributed by atoms with Gasteiger partial charge in [0.1, 0.15) is 5.82 Å². The van der Waals surface area contributed by atoms with Crippen molar-refractivity contribution < 1.29 is 14.0 Å². The number of hydrogen-bond donors (Lipinski definition) is 2. The number of imide groups is 1. The minimum atomic E-state index is -0.423. The molecule has 3 aliphatic rings. The minimum Gasteiger partial charge on any atom is -0.314 e. The van der Waals surface area contributed by atoms with Crippen LogP contribution in [0.1, 0.15) is 68.6 Å². The maximum absolute atomic E-state index is 14.9. The van der Waals surface area contributed by atoms with E-state index < -0.39 is 5.92 Å². The van der Waals surface area contributed by atoms with Gasteiger partial charge < -0.3 is 5.32 Å². The second-order valence-electron chi connectivity index (χ2n) is 8.57. The largest absolute Gasteiger partial charge is 0.314 e. The number of carbonyl (C=O) groups is 2. The normalized spacial score (nSPS) is 27.0. The van der Waals surface area contributed by atoms with Crippen LogP contribution in [0.3, 0.4) is 0 Å². The van der Waals surface area contributed by atoms with Crippen LogP contribution in [-0.2, 0) is 16.0 Å². The van der Waals surface area contributed by atoms with Gasteiger partial charge in [-0.3, -0.25) is 19.8 Å². The zero-order valence-electron chi connectivity index (χ0n) is 18.6. The standard InChI is InChI=1S/C22H30FN3O2.C2H6/c1-14-18(19-6-7-20(27)25-22(19)28)5-4-16(21(14)23)3-2-15-12-17(13-15)26-10-8-24-9-11-26;1-2/h4-5,15,17,19,24H,2-3,6-13H2,1H3,(H,25,27,28);1-2H3. The number of piperidine rings is 1. The number of benzene rings is 1. The zero-order chi connectivity index (χ0) is 21.7. The lowest BCUT2D eigenvalue weighted by Gasteiger charge is -2.44. The van der Waals surface area contributed by atoms with Crippen LogP contribution in [0, 0.1) is 18.7 Å². The molecule has 1 aromatic carbocycles. The number of nitrogens with zero attached hydrogens (tertiary/aromatic N) is 1. The Kier molecular flexibility index (Phi) is 8.00. The third-order valence-corrected chi connectivity index (χ3v) is 6.82. The lowest BCUT2D eigenvalue weighted by Crippen LogP contribution is -2.52. The summed E-state index contributed by atoms with van der Waals surface area (Å²) in [7, 11) is 0. The molecule has 1 atom stereocenters. The molecule has 2 heterocycles. The number of nitrogens with one attached hydrogen (secondary N) is 2. The van der Waals surface area contributed by atoms with Gasteiger partial charge in [0.05, 0.1) is 5.92 Å². The molecule has 5 nitrogen and oxygen atoms in total. The monoisotopic (exact) mass is 417 g/mol. The van der Waals surface area contributed by atoms with Gasteiger partial charge >= 0.3 is 0 Å². The van der Waals surface area contributed by atoms with Crippen LogP contribution in [0.25, 0.3) is 0 Å². The Morgan fingerprint density at radius 1 is 1.13 bits per heavy atom. The SMILES string of the molecule is CC.Cc1c(C2CCC(=O)NC2=O)ccc(CCC2CC(N3CCNCC3)C2)c1F. The summed E-state index contributed by atoms with van der Waals surface area (Å²) in [4.78, 5) is 26.1. The number of hydrogen-bond acceptors (Lipinski definition) is 4. The Labute approximate surface area is 179 Å². The highest BCUT2D eigenvalue weighted by atomic mass is 19.1. The van der Waals surface area contributed by atoms with Gasteiger partial charge in [0.2, 0.25) is 11.8 Å². The number of rotatable bonds is 5. The highest BCUT2D eigenvalue weighted by Crippen LogP contribution is 2.36. The van der Waals surface area contributed by atoms with E-state index in [2.05, 4.69) is 15.5 Å². The predicted molar refractivity (Wildman–Crippen MR) is 117 cm³/mol. The van der Waals surface area contributed by atoms with Gasteiger partial charge in [0, 0.05) is 38.6 Å². The first-order valence-corrected chi connectivity index (χ1v) is 11.6. The predicted octanol–water partition coefficient (Wildman–Crippen LogP) is 3.30. The number of aryl methyl sites for hydroxylation is 1. The first-order chi connectivity index (χ1) is 14.5. The summed E-state index contributed by atoms with van der Waals surface area (Å²) in [6.45, 7) is 10.2. The summed E-state index contributed by atoms with van der Waals surface area (Å²) >= 11 is 0. The van der Waals surface area contributed by atoms with E-state index in [9.17, 15) is 14.0 Å². The van der Waals surface area contributed by atoms with Gasteiger partial charge in [-0.1, -0.05) is 26.0 Å². The molecular formula is C24H36FN3O2. The Hall–Kier alpha value is -1.79. The summed E-state index contributed by atoms with van der Waals surface area (Å²) in [6, 6.07) is 4.44. The lowest BCUT2D eigenvalue weighted by atomic mass is 9.75. The zero-order valence-corrected chi connectivity index (χ0v) is 18.6. The molecule has 2 N–H and O–H groups in total. The second kappa shape index (κ2) is 10.5. The van der Waals surface area contributed by atoms with Crippen molar-refractivity contribution in [2.75, 3.05) is 26.2 Å². The van der Waals surface area contributed by atoms with Gasteiger partial charge in [0.25, 0.3) is 0 Å². The van der Waals surface area contributed by atoms with Crippen molar-refractivity contribution in [3.63, 3.8) is 0 Å². The molecule has 3 fully saturated rings. The van der Waals surface area contributed by atoms with Crippen molar-refractivity contribution in [3.8, 4) is 0 Å². The van der Waals surface area contributed by atoms with Crippen LogP contribution in [-0.4, -0.2) is 48.9 Å². The molecule has 1 aromatic rings. The smallest absolute Gasteiger partial charge is 0.234 e. The third-order valence-electron chi connectivity index (χ3n) is 6.82. The highest BCUT2D eigenvalue weighted by molar-refractivity contribution is 6.01. The van der Waals surface area contributed by atoms with E-state index in [1.165, 1.54) is 12.8 Å². The molecule has 30 heavy (non-hydrogen) atoms. The fourth-order valence-electron chi connectivity index (χ4n) is 4.96. The van der Waals surface area contributed by atoms with Crippen molar-refractivity contribution >= 4 is 11.8 Å². The van der Waals surface area contributed by atoms with Crippen molar-refractivity contribution in [2.45, 2.75) is 71.3 Å². The number of piperazine rings is 1. The fraction of sp³-hybridized carbons (Fsp3) is 0.667. The van der Waals surface area contributed by atoms with Crippen LogP contribution in [0.2, 0.25) is 0 Å². The first-order valence-electron chi connectivity index (χ1n) is 11.6. The Morgan fingerprint density at radius 2 is 1.83 bits per heavy atom. The summed E-state index contributed by atoms with van der Waals surface area (Å²) in [5.74, 6) is -0.460. The first kappa shape index (κ1) is 22.9. The summed E-state index contributed by atoms with van der Waals surface area (Å²) in [5, 5.41) is 5.76. The molecular weight excluding hydrogens is 381 g/mol. The molecule has 1 aliphatic carbocycles. The molecule has 1 unspecified atom stereocenters. The number of amides is 2. The quantitative estimate of drug-likeness (QED) is 0.722. The van der Waals surface area contributed by atoms with E-state index in [4.69, 9.17) is 0 Å². The molecule has 2 amide bonds. The van der Waals surface area contributed by atoms with Crippen LogP contribution >= 0.6 is 0 Å². The topological polar surface area (TPSA) is 61.4 Å². The van der Waals surface area contributed by atoms with Crippen LogP contribution in [0.15, 0.2) is 12.1 Å². The molecule has 1 saturated carbocycles. The van der Waals surface area contributed by atoms with E-state index in [1.807, 2.05) is 26.0 Å². The molecule has 0 spiro atoms. The van der Waals surface area contributed by atoms with Gasteiger partial charge in [-0.25, -0.2) is 4.39 Å². The maximum atomic E-state index is 14.9. The minimum absolute atomic E-state index is 0.180. The molecule has 4 rings (SSSR count). The molecule has 6 heteroatoms. The van der Waals surface area contributed by atoms with Gasteiger partial charge in [-0.15, -0.1) is 0 Å². The van der Waals surface area contributed by atoms with Crippen LogP contribution in [0.4, 0.5) is 4.39 Å². The molecule has 2 aliphatic heterocycles. The Balaban J connectivity index is 0.00000124. The van der Waals surface area contributed by atoms with Crippen molar-refractivity contribution in [1.82, 2.24) is 15.5 Å². The number of halogens is 1. The molecule has 0 radical (unpaired) electrons. The van der Waals surface area contributed by atoms with Gasteiger partial charge in [-0.05, 0) is 61.6 Å². The molecule has 2 saturated heterocycles. The number of carbonyl (C=O) groups excluding carboxylic acids is 2. The van der Waals surface area contributed by atoms with E-state index in [0.29, 0.717) is 35.9 Å². The maximum Gasteiger partial charge on any atom is 0.234 e. The van der Waals surface area contributed by atoms with E-state index in [0.717, 1.165) is 44.6 Å². The Bertz CT molecular complexity index is 755.